The van der Waals surface area contributed by atoms with Crippen LogP contribution in [0.5, 0.6) is 0 Å². The number of benzene rings is 3. The van der Waals surface area contributed by atoms with Crippen molar-refractivity contribution in [1.29, 1.82) is 0 Å². The fourth-order valence-corrected chi connectivity index (χ4v) is 3.18. The third kappa shape index (κ3) is 3.42. The SMILES string of the molecule is Fc1ccccc1N1N=C(/C=C\c2ccccc2)C[C@@H]1c1ccccc1. The highest BCUT2D eigenvalue weighted by Gasteiger charge is 2.29. The van der Waals surface area contributed by atoms with Crippen LogP contribution in [-0.2, 0) is 0 Å². The minimum atomic E-state index is -0.259. The number of hydrogen-bond acceptors (Lipinski definition) is 2. The molecule has 0 aliphatic carbocycles. The summed E-state index contributed by atoms with van der Waals surface area (Å²) in [4.78, 5) is 0. The van der Waals surface area contributed by atoms with E-state index in [9.17, 15) is 4.39 Å². The van der Waals surface area contributed by atoms with E-state index in [1.807, 2.05) is 54.6 Å². The normalized spacial score (nSPS) is 16.9. The van der Waals surface area contributed by atoms with Gasteiger partial charge in [0.25, 0.3) is 0 Å². The molecule has 0 N–H and O–H groups in total. The number of hydrazone groups is 1. The molecule has 0 radical (unpaired) electrons. The first-order valence-corrected chi connectivity index (χ1v) is 8.70. The van der Waals surface area contributed by atoms with E-state index in [-0.39, 0.29) is 11.9 Å². The van der Waals surface area contributed by atoms with Crippen molar-refractivity contribution in [1.82, 2.24) is 0 Å². The molecule has 3 aromatic carbocycles. The molecule has 3 heteroatoms. The predicted octanol–water partition coefficient (Wildman–Crippen LogP) is 5.85. The van der Waals surface area contributed by atoms with Gasteiger partial charge in [-0.15, -0.1) is 0 Å². The number of allylic oxidation sites excluding steroid dienone is 1. The molecule has 26 heavy (non-hydrogen) atoms. The van der Waals surface area contributed by atoms with Crippen molar-refractivity contribution in [2.45, 2.75) is 12.5 Å². The topological polar surface area (TPSA) is 15.6 Å². The average molecular weight is 342 g/mol. The van der Waals surface area contributed by atoms with Gasteiger partial charge in [0.1, 0.15) is 5.82 Å². The summed E-state index contributed by atoms with van der Waals surface area (Å²) in [6, 6.07) is 27.0. The van der Waals surface area contributed by atoms with Gasteiger partial charge in [0.15, 0.2) is 0 Å². The number of halogens is 1. The Labute approximate surface area is 152 Å². The highest BCUT2D eigenvalue weighted by Crippen LogP contribution is 2.36. The summed E-state index contributed by atoms with van der Waals surface area (Å²) < 4.78 is 14.4. The van der Waals surface area contributed by atoms with Crippen molar-refractivity contribution in [3.8, 4) is 0 Å². The standard InChI is InChI=1S/C23H19FN2/c24-21-13-7-8-14-22(21)26-23(19-11-5-2-6-12-19)17-20(25-26)16-15-18-9-3-1-4-10-18/h1-16,23H,17H2/b16-15-/t23-/m1/s1. The lowest BCUT2D eigenvalue weighted by atomic mass is 10.0. The van der Waals surface area contributed by atoms with Gasteiger partial charge in [-0.3, -0.25) is 5.01 Å². The summed E-state index contributed by atoms with van der Waals surface area (Å²) >= 11 is 0. The molecule has 3 aromatic rings. The molecular formula is C23H19FN2. The molecule has 128 valence electrons. The Hall–Kier alpha value is -3.20. The van der Waals surface area contributed by atoms with E-state index in [1.165, 1.54) is 6.07 Å². The molecule has 1 heterocycles. The van der Waals surface area contributed by atoms with Crippen LogP contribution in [0.3, 0.4) is 0 Å². The molecule has 0 unspecified atom stereocenters. The Kier molecular flexibility index (Phi) is 4.61. The van der Waals surface area contributed by atoms with Gasteiger partial charge >= 0.3 is 0 Å². The molecule has 1 aliphatic rings. The zero-order chi connectivity index (χ0) is 17.8. The lowest BCUT2D eigenvalue weighted by molar-refractivity contribution is 0.606. The molecule has 0 saturated carbocycles. The zero-order valence-corrected chi connectivity index (χ0v) is 14.3. The van der Waals surface area contributed by atoms with Gasteiger partial charge in [-0.25, -0.2) is 4.39 Å². The first kappa shape index (κ1) is 16.3. The van der Waals surface area contributed by atoms with Gasteiger partial charge in [0.2, 0.25) is 0 Å². The Morgan fingerprint density at radius 1 is 0.808 bits per heavy atom. The van der Waals surface area contributed by atoms with E-state index in [0.717, 1.165) is 23.3 Å². The molecule has 2 nitrogen and oxygen atoms in total. The van der Waals surface area contributed by atoms with Crippen LogP contribution in [0, 0.1) is 5.82 Å². The molecule has 0 fully saturated rings. The summed E-state index contributed by atoms with van der Waals surface area (Å²) in [5, 5.41) is 6.52. The van der Waals surface area contributed by atoms with E-state index < -0.39 is 0 Å². The van der Waals surface area contributed by atoms with Crippen LogP contribution < -0.4 is 5.01 Å². The second kappa shape index (κ2) is 7.36. The quantitative estimate of drug-likeness (QED) is 0.581. The van der Waals surface area contributed by atoms with Crippen molar-refractivity contribution in [2.24, 2.45) is 5.10 Å². The van der Waals surface area contributed by atoms with Gasteiger partial charge in [0.05, 0.1) is 17.4 Å². The number of rotatable bonds is 4. The Morgan fingerprint density at radius 2 is 1.46 bits per heavy atom. The van der Waals surface area contributed by atoms with E-state index >= 15 is 0 Å². The van der Waals surface area contributed by atoms with Crippen LogP contribution in [0.1, 0.15) is 23.6 Å². The Bertz CT molecular complexity index is 933. The first-order valence-electron chi connectivity index (χ1n) is 8.70. The van der Waals surface area contributed by atoms with Gasteiger partial charge in [0, 0.05) is 6.42 Å². The summed E-state index contributed by atoms with van der Waals surface area (Å²) in [6.07, 6.45) is 4.81. The fourth-order valence-electron chi connectivity index (χ4n) is 3.18. The van der Waals surface area contributed by atoms with Gasteiger partial charge in [-0.2, -0.15) is 5.10 Å². The summed E-state index contributed by atoms with van der Waals surface area (Å²) in [7, 11) is 0. The molecule has 0 amide bonds. The smallest absolute Gasteiger partial charge is 0.148 e. The molecule has 0 aromatic heterocycles. The second-order valence-electron chi connectivity index (χ2n) is 6.26. The second-order valence-corrected chi connectivity index (χ2v) is 6.26. The van der Waals surface area contributed by atoms with Gasteiger partial charge in [-0.05, 0) is 29.3 Å². The minimum Gasteiger partial charge on any atom is -0.254 e. The third-order valence-corrected chi connectivity index (χ3v) is 4.49. The molecule has 0 saturated heterocycles. The molecule has 4 rings (SSSR count). The molecule has 1 atom stereocenters. The lowest BCUT2D eigenvalue weighted by Gasteiger charge is -2.24. The van der Waals surface area contributed by atoms with E-state index in [1.54, 1.807) is 17.1 Å². The molecule has 0 bridgehead atoms. The fraction of sp³-hybridized carbons (Fsp3) is 0.0870. The van der Waals surface area contributed by atoms with Crippen molar-refractivity contribution >= 4 is 17.5 Å². The lowest BCUT2D eigenvalue weighted by Crippen LogP contribution is -2.19. The summed E-state index contributed by atoms with van der Waals surface area (Å²) in [5.74, 6) is -0.259. The summed E-state index contributed by atoms with van der Waals surface area (Å²) in [6.45, 7) is 0. The number of hydrogen-bond donors (Lipinski definition) is 0. The van der Waals surface area contributed by atoms with Crippen molar-refractivity contribution < 1.29 is 4.39 Å². The maximum atomic E-state index is 14.4. The molecule has 1 aliphatic heterocycles. The molecule has 0 spiro atoms. The first-order chi connectivity index (χ1) is 12.8. The minimum absolute atomic E-state index is 0.0106. The summed E-state index contributed by atoms with van der Waals surface area (Å²) in [5.41, 5.74) is 3.69. The van der Waals surface area contributed by atoms with Crippen molar-refractivity contribution in [3.05, 3.63) is 108 Å². The highest BCUT2D eigenvalue weighted by atomic mass is 19.1. The predicted molar refractivity (Wildman–Crippen MR) is 106 cm³/mol. The average Bonchev–Trinajstić information content (AvgIpc) is 3.12. The zero-order valence-electron chi connectivity index (χ0n) is 14.3. The number of nitrogens with zero attached hydrogens (tertiary/aromatic N) is 2. The van der Waals surface area contributed by atoms with Crippen LogP contribution in [0.2, 0.25) is 0 Å². The van der Waals surface area contributed by atoms with Crippen molar-refractivity contribution in [2.75, 3.05) is 5.01 Å². The number of anilines is 1. The van der Waals surface area contributed by atoms with Gasteiger partial charge < -0.3 is 0 Å². The highest BCUT2D eigenvalue weighted by molar-refractivity contribution is 6.01. The largest absolute Gasteiger partial charge is 0.254 e. The third-order valence-electron chi connectivity index (χ3n) is 4.49. The van der Waals surface area contributed by atoms with Crippen molar-refractivity contribution in [3.63, 3.8) is 0 Å². The Morgan fingerprint density at radius 3 is 2.19 bits per heavy atom. The van der Waals surface area contributed by atoms with Crippen LogP contribution in [-0.4, -0.2) is 5.71 Å². The maximum absolute atomic E-state index is 14.4. The maximum Gasteiger partial charge on any atom is 0.148 e. The van der Waals surface area contributed by atoms with E-state index in [4.69, 9.17) is 5.10 Å². The van der Waals surface area contributed by atoms with E-state index in [2.05, 4.69) is 24.3 Å². The van der Waals surface area contributed by atoms with Gasteiger partial charge in [-0.1, -0.05) is 78.9 Å². The van der Waals surface area contributed by atoms with E-state index in [0.29, 0.717) is 5.69 Å². The monoisotopic (exact) mass is 342 g/mol. The van der Waals surface area contributed by atoms with Crippen LogP contribution in [0.25, 0.3) is 6.08 Å². The Balaban J connectivity index is 1.68. The van der Waals surface area contributed by atoms with Crippen LogP contribution >= 0.6 is 0 Å². The molecular weight excluding hydrogens is 323 g/mol. The van der Waals surface area contributed by atoms with Crippen LogP contribution in [0.4, 0.5) is 10.1 Å². The number of para-hydroxylation sites is 1. The van der Waals surface area contributed by atoms with Crippen LogP contribution in [0.15, 0.2) is 96.1 Å².